The zero-order chi connectivity index (χ0) is 17.2. The van der Waals surface area contributed by atoms with Crippen LogP contribution in [-0.2, 0) is 13.0 Å². The zero-order valence-corrected chi connectivity index (χ0v) is 14.5. The molecule has 0 saturated heterocycles. The predicted octanol–water partition coefficient (Wildman–Crippen LogP) is 3.14. The summed E-state index contributed by atoms with van der Waals surface area (Å²) >= 11 is 0. The first kappa shape index (κ1) is 16.1. The van der Waals surface area contributed by atoms with Crippen molar-refractivity contribution in [1.82, 2.24) is 15.2 Å². The normalized spacial score (nSPS) is 17.5. The van der Waals surface area contributed by atoms with E-state index in [0.717, 1.165) is 31.3 Å². The van der Waals surface area contributed by atoms with E-state index < -0.39 is 0 Å². The first-order chi connectivity index (χ1) is 12.2. The van der Waals surface area contributed by atoms with Gasteiger partial charge in [-0.2, -0.15) is 0 Å². The summed E-state index contributed by atoms with van der Waals surface area (Å²) in [6.07, 6.45) is 6.70. The minimum absolute atomic E-state index is 0.149. The molecule has 130 valence electrons. The molecule has 25 heavy (non-hydrogen) atoms. The van der Waals surface area contributed by atoms with Gasteiger partial charge in [-0.15, -0.1) is 0 Å². The van der Waals surface area contributed by atoms with E-state index in [2.05, 4.69) is 27.3 Å². The minimum Gasteiger partial charge on any atom is -0.439 e. The number of pyridine rings is 1. The molecule has 1 aromatic heterocycles. The number of nitrogens with zero attached hydrogens (tertiary/aromatic N) is 2. The predicted molar refractivity (Wildman–Crippen MR) is 95.9 cm³/mol. The Kier molecular flexibility index (Phi) is 4.40. The molecule has 2 heterocycles. The monoisotopic (exact) mass is 337 g/mol. The maximum Gasteiger partial charge on any atom is 0.252 e. The first-order valence-electron chi connectivity index (χ1n) is 8.95. The van der Waals surface area contributed by atoms with E-state index in [1.54, 1.807) is 19.2 Å². The van der Waals surface area contributed by atoms with Crippen LogP contribution in [0.4, 0.5) is 0 Å². The van der Waals surface area contributed by atoms with Crippen molar-refractivity contribution in [3.63, 3.8) is 0 Å². The molecule has 1 aromatic carbocycles. The number of carbonyl (C=O) groups is 1. The molecule has 1 saturated carbocycles. The molecule has 2 aromatic rings. The van der Waals surface area contributed by atoms with Crippen molar-refractivity contribution < 1.29 is 9.53 Å². The van der Waals surface area contributed by atoms with Crippen LogP contribution in [0.1, 0.15) is 40.7 Å². The summed E-state index contributed by atoms with van der Waals surface area (Å²) < 4.78 is 5.86. The lowest BCUT2D eigenvalue weighted by molar-refractivity contribution is 0.0962. The Balaban J connectivity index is 1.44. The average Bonchev–Trinajstić information content (AvgIpc) is 2.60. The molecule has 5 heteroatoms. The highest BCUT2D eigenvalue weighted by Crippen LogP contribution is 2.31. The van der Waals surface area contributed by atoms with Crippen LogP contribution in [0.25, 0.3) is 0 Å². The fraction of sp³-hybridized carbons (Fsp3) is 0.400. The van der Waals surface area contributed by atoms with E-state index in [-0.39, 0.29) is 5.91 Å². The largest absolute Gasteiger partial charge is 0.439 e. The summed E-state index contributed by atoms with van der Waals surface area (Å²) in [5, 5.41) is 2.58. The second-order valence-electron chi connectivity index (χ2n) is 6.80. The average molecular weight is 337 g/mol. The molecule has 4 rings (SSSR count). The standard InChI is InChI=1S/C20H23N3O2/c1-21-20(24)15-6-8-19(22-12-15)25-18-7-5-16-13-23(17-3-2-4-17)10-9-14(16)11-18/h5-8,11-12,17H,2-4,9-10,13H2,1H3,(H,21,24). The smallest absolute Gasteiger partial charge is 0.252 e. The van der Waals surface area contributed by atoms with Crippen LogP contribution < -0.4 is 10.1 Å². The molecule has 0 atom stereocenters. The molecule has 0 bridgehead atoms. The first-order valence-corrected chi connectivity index (χ1v) is 8.95. The van der Waals surface area contributed by atoms with E-state index in [1.807, 2.05) is 6.07 Å². The molecular weight excluding hydrogens is 314 g/mol. The van der Waals surface area contributed by atoms with Crippen molar-refractivity contribution in [3.8, 4) is 11.6 Å². The molecule has 0 spiro atoms. The minimum atomic E-state index is -0.149. The van der Waals surface area contributed by atoms with Crippen molar-refractivity contribution in [1.29, 1.82) is 0 Å². The highest BCUT2D eigenvalue weighted by Gasteiger charge is 2.27. The van der Waals surface area contributed by atoms with Crippen molar-refractivity contribution in [2.24, 2.45) is 0 Å². The van der Waals surface area contributed by atoms with Gasteiger partial charge in [0.05, 0.1) is 5.56 Å². The van der Waals surface area contributed by atoms with Gasteiger partial charge in [0.2, 0.25) is 5.88 Å². The fourth-order valence-electron chi connectivity index (χ4n) is 3.52. The third-order valence-electron chi connectivity index (χ3n) is 5.26. The van der Waals surface area contributed by atoms with Crippen molar-refractivity contribution in [2.45, 2.75) is 38.3 Å². The van der Waals surface area contributed by atoms with Crippen LogP contribution in [0, 0.1) is 0 Å². The second-order valence-corrected chi connectivity index (χ2v) is 6.80. The zero-order valence-electron chi connectivity index (χ0n) is 14.5. The molecule has 0 unspecified atom stereocenters. The molecule has 1 aliphatic heterocycles. The summed E-state index contributed by atoms with van der Waals surface area (Å²) in [7, 11) is 1.60. The molecular formula is C20H23N3O2. The van der Waals surface area contributed by atoms with Crippen LogP contribution in [0.3, 0.4) is 0 Å². The number of hydrogen-bond acceptors (Lipinski definition) is 4. The number of carbonyl (C=O) groups excluding carboxylic acids is 1. The summed E-state index contributed by atoms with van der Waals surface area (Å²) in [5.41, 5.74) is 3.31. The van der Waals surface area contributed by atoms with Gasteiger partial charge in [0.25, 0.3) is 5.91 Å². The van der Waals surface area contributed by atoms with Crippen molar-refractivity contribution in [3.05, 3.63) is 53.2 Å². The lowest BCUT2D eigenvalue weighted by Gasteiger charge is -2.40. The van der Waals surface area contributed by atoms with Crippen LogP contribution in [0.15, 0.2) is 36.5 Å². The van der Waals surface area contributed by atoms with Crippen molar-refractivity contribution >= 4 is 5.91 Å². The van der Waals surface area contributed by atoms with Gasteiger partial charge in [0, 0.05) is 38.4 Å². The topological polar surface area (TPSA) is 54.5 Å². The van der Waals surface area contributed by atoms with Gasteiger partial charge in [-0.05, 0) is 48.6 Å². The van der Waals surface area contributed by atoms with Gasteiger partial charge in [-0.3, -0.25) is 9.69 Å². The van der Waals surface area contributed by atoms with Crippen LogP contribution >= 0.6 is 0 Å². The fourth-order valence-corrected chi connectivity index (χ4v) is 3.52. The van der Waals surface area contributed by atoms with E-state index in [9.17, 15) is 4.79 Å². The Bertz CT molecular complexity index is 769. The third-order valence-corrected chi connectivity index (χ3v) is 5.26. The molecule has 0 radical (unpaired) electrons. The number of ether oxygens (including phenoxy) is 1. The molecule has 5 nitrogen and oxygen atoms in total. The van der Waals surface area contributed by atoms with E-state index in [4.69, 9.17) is 4.74 Å². The highest BCUT2D eigenvalue weighted by atomic mass is 16.5. The summed E-state index contributed by atoms with van der Waals surface area (Å²) in [4.78, 5) is 18.4. The lowest BCUT2D eigenvalue weighted by Crippen LogP contribution is -2.42. The van der Waals surface area contributed by atoms with E-state index in [1.165, 1.54) is 36.6 Å². The number of hydrogen-bond donors (Lipinski definition) is 1. The van der Waals surface area contributed by atoms with Gasteiger partial charge >= 0.3 is 0 Å². The van der Waals surface area contributed by atoms with Gasteiger partial charge in [0.1, 0.15) is 5.75 Å². The summed E-state index contributed by atoms with van der Waals surface area (Å²) in [5.74, 6) is 1.15. The SMILES string of the molecule is CNC(=O)c1ccc(Oc2ccc3c(c2)CCN(C2CCC2)C3)nc1. The van der Waals surface area contributed by atoms with Crippen LogP contribution in [0.2, 0.25) is 0 Å². The molecule has 1 amide bonds. The quantitative estimate of drug-likeness (QED) is 0.931. The Morgan fingerprint density at radius 2 is 2.12 bits per heavy atom. The highest BCUT2D eigenvalue weighted by molar-refractivity contribution is 5.93. The molecule has 1 fully saturated rings. The maximum absolute atomic E-state index is 11.5. The van der Waals surface area contributed by atoms with Gasteiger partial charge in [-0.1, -0.05) is 12.5 Å². The van der Waals surface area contributed by atoms with Gasteiger partial charge < -0.3 is 10.1 Å². The van der Waals surface area contributed by atoms with Crippen molar-refractivity contribution in [2.75, 3.05) is 13.6 Å². The van der Waals surface area contributed by atoms with Crippen LogP contribution in [-0.4, -0.2) is 35.4 Å². The van der Waals surface area contributed by atoms with Gasteiger partial charge in [0.15, 0.2) is 0 Å². The van der Waals surface area contributed by atoms with E-state index in [0.29, 0.717) is 11.4 Å². The number of aromatic nitrogens is 1. The Morgan fingerprint density at radius 3 is 2.80 bits per heavy atom. The number of nitrogens with one attached hydrogen (secondary N) is 1. The number of benzene rings is 1. The van der Waals surface area contributed by atoms with Gasteiger partial charge in [-0.25, -0.2) is 4.98 Å². The lowest BCUT2D eigenvalue weighted by atomic mass is 9.88. The molecule has 1 N–H and O–H groups in total. The Hall–Kier alpha value is -2.40. The Labute approximate surface area is 148 Å². The third kappa shape index (κ3) is 3.37. The summed E-state index contributed by atoms with van der Waals surface area (Å²) in [6.45, 7) is 2.19. The van der Waals surface area contributed by atoms with Crippen LogP contribution in [0.5, 0.6) is 11.6 Å². The Morgan fingerprint density at radius 1 is 1.24 bits per heavy atom. The number of rotatable bonds is 4. The summed E-state index contributed by atoms with van der Waals surface area (Å²) in [6, 6.07) is 10.6. The van der Waals surface area contributed by atoms with E-state index >= 15 is 0 Å². The number of fused-ring (bicyclic) bond motifs is 1. The molecule has 1 aliphatic carbocycles. The molecule has 2 aliphatic rings. The maximum atomic E-state index is 11.5. The second kappa shape index (κ2) is 6.84. The number of amides is 1.